The predicted octanol–water partition coefficient (Wildman–Crippen LogP) is 1.63. The number of nitrogens with zero attached hydrogens (tertiary/aromatic N) is 3. The van der Waals surface area contributed by atoms with Gasteiger partial charge in [0.1, 0.15) is 18.5 Å². The smallest absolute Gasteiger partial charge is 0.161 e. The summed E-state index contributed by atoms with van der Waals surface area (Å²) in [5.41, 5.74) is 3.07. The van der Waals surface area contributed by atoms with Crippen molar-refractivity contribution in [1.82, 2.24) is 20.2 Å². The molecular weight excluding hydrogens is 408 g/mol. The minimum atomic E-state index is -0.594. The van der Waals surface area contributed by atoms with Crippen LogP contribution in [0.25, 0.3) is 0 Å². The summed E-state index contributed by atoms with van der Waals surface area (Å²) in [6.45, 7) is 7.80. The first-order valence-corrected chi connectivity index (χ1v) is 11.3. The molecule has 0 radical (unpaired) electrons. The zero-order chi connectivity index (χ0) is 22.9. The van der Waals surface area contributed by atoms with Crippen molar-refractivity contribution in [2.45, 2.75) is 51.9 Å². The van der Waals surface area contributed by atoms with Crippen molar-refractivity contribution >= 4 is 0 Å². The number of ether oxygens (including phenoxy) is 2. The molecule has 2 aromatic rings. The van der Waals surface area contributed by atoms with E-state index < -0.39 is 6.10 Å². The van der Waals surface area contributed by atoms with Gasteiger partial charge >= 0.3 is 0 Å². The van der Waals surface area contributed by atoms with Crippen molar-refractivity contribution in [1.29, 1.82) is 0 Å². The third kappa shape index (κ3) is 7.70. The molecule has 2 heterocycles. The molecule has 32 heavy (non-hydrogen) atoms. The highest BCUT2D eigenvalue weighted by Crippen LogP contribution is 2.28. The number of nitrogens with one attached hydrogen (secondary N) is 1. The molecule has 1 aliphatic heterocycles. The zero-order valence-corrected chi connectivity index (χ0v) is 19.4. The van der Waals surface area contributed by atoms with Crippen LogP contribution >= 0.6 is 0 Å². The number of aromatic nitrogens is 2. The summed E-state index contributed by atoms with van der Waals surface area (Å²) < 4.78 is 11.3. The first-order valence-electron chi connectivity index (χ1n) is 11.3. The summed E-state index contributed by atoms with van der Waals surface area (Å²) in [7, 11) is 1.62. The van der Waals surface area contributed by atoms with Crippen LogP contribution in [-0.2, 0) is 13.0 Å². The van der Waals surface area contributed by atoms with Crippen LogP contribution in [0.1, 0.15) is 35.6 Å². The fourth-order valence-electron chi connectivity index (χ4n) is 3.92. The van der Waals surface area contributed by atoms with E-state index in [0.29, 0.717) is 24.6 Å². The second-order valence-corrected chi connectivity index (χ2v) is 8.48. The quantitative estimate of drug-likeness (QED) is 0.450. The van der Waals surface area contributed by atoms with Gasteiger partial charge in [0, 0.05) is 50.5 Å². The van der Waals surface area contributed by atoms with E-state index in [1.54, 1.807) is 7.11 Å². The molecule has 1 saturated heterocycles. The number of piperidine rings is 1. The molecule has 0 unspecified atom stereocenters. The third-order valence-corrected chi connectivity index (χ3v) is 5.57. The van der Waals surface area contributed by atoms with E-state index in [9.17, 15) is 10.2 Å². The van der Waals surface area contributed by atoms with Crippen LogP contribution in [0.15, 0.2) is 24.3 Å². The maximum atomic E-state index is 10.3. The Hall–Kier alpha value is -2.26. The van der Waals surface area contributed by atoms with Gasteiger partial charge in [-0.25, -0.2) is 9.97 Å². The molecule has 3 N–H and O–H groups in total. The Bertz CT molecular complexity index is 836. The Morgan fingerprint density at radius 3 is 2.53 bits per heavy atom. The van der Waals surface area contributed by atoms with E-state index in [0.717, 1.165) is 61.7 Å². The summed E-state index contributed by atoms with van der Waals surface area (Å²) in [5, 5.41) is 23.3. The normalized spacial score (nSPS) is 16.2. The molecule has 0 bridgehead atoms. The highest BCUT2D eigenvalue weighted by molar-refractivity contribution is 5.43. The van der Waals surface area contributed by atoms with Gasteiger partial charge in [0.25, 0.3) is 0 Å². The third-order valence-electron chi connectivity index (χ3n) is 5.57. The first-order chi connectivity index (χ1) is 15.4. The van der Waals surface area contributed by atoms with E-state index in [1.165, 1.54) is 0 Å². The molecule has 8 nitrogen and oxygen atoms in total. The van der Waals surface area contributed by atoms with Crippen LogP contribution in [0.2, 0.25) is 0 Å². The molecule has 3 rings (SSSR count). The Labute approximate surface area is 190 Å². The molecular formula is C24H36N4O4. The van der Waals surface area contributed by atoms with Gasteiger partial charge in [0.2, 0.25) is 0 Å². The largest absolute Gasteiger partial charge is 0.493 e. The second kappa shape index (κ2) is 12.1. The van der Waals surface area contributed by atoms with Crippen LogP contribution < -0.4 is 14.8 Å². The molecule has 1 aromatic heterocycles. The van der Waals surface area contributed by atoms with Gasteiger partial charge in [0.05, 0.1) is 13.2 Å². The van der Waals surface area contributed by atoms with Gasteiger partial charge in [0.15, 0.2) is 11.5 Å². The summed E-state index contributed by atoms with van der Waals surface area (Å²) >= 11 is 0. The Morgan fingerprint density at radius 2 is 1.84 bits per heavy atom. The fourth-order valence-corrected chi connectivity index (χ4v) is 3.92. The molecule has 0 amide bonds. The molecule has 1 fully saturated rings. The Kier molecular flexibility index (Phi) is 9.23. The lowest BCUT2D eigenvalue weighted by Crippen LogP contribution is -2.41. The predicted molar refractivity (Wildman–Crippen MR) is 123 cm³/mol. The van der Waals surface area contributed by atoms with E-state index in [1.807, 2.05) is 38.1 Å². The number of likely N-dealkylation sites (tertiary alicyclic amines) is 1. The van der Waals surface area contributed by atoms with Crippen molar-refractivity contribution in [2.75, 3.05) is 39.9 Å². The minimum absolute atomic E-state index is 0.197. The standard InChI is InChI=1S/C24H36N4O4/c1-17-12-18(2)27-24(26-17)6-9-25-14-19-4-5-22(23(13-19)31-3)32-16-21(30)15-28-10-7-20(29)8-11-28/h4-5,12-13,20-21,25,29-30H,6-11,14-16H2,1-3H3/t21-/m1/s1. The lowest BCUT2D eigenvalue weighted by Gasteiger charge is -2.30. The zero-order valence-electron chi connectivity index (χ0n) is 19.4. The van der Waals surface area contributed by atoms with E-state index >= 15 is 0 Å². The van der Waals surface area contributed by atoms with Gasteiger partial charge in [-0.3, -0.25) is 0 Å². The highest BCUT2D eigenvalue weighted by Gasteiger charge is 2.20. The maximum Gasteiger partial charge on any atom is 0.161 e. The Balaban J connectivity index is 1.43. The van der Waals surface area contributed by atoms with Gasteiger partial charge < -0.3 is 29.9 Å². The molecule has 8 heteroatoms. The number of β-amino-alcohol motifs (C(OH)–C–C–N with tert-alkyl or cyclic N) is 1. The molecule has 0 aliphatic carbocycles. The van der Waals surface area contributed by atoms with Gasteiger partial charge in [-0.2, -0.15) is 0 Å². The van der Waals surface area contributed by atoms with E-state index in [-0.39, 0.29) is 12.7 Å². The minimum Gasteiger partial charge on any atom is -0.493 e. The molecule has 0 saturated carbocycles. The number of methoxy groups -OCH3 is 1. The monoisotopic (exact) mass is 444 g/mol. The van der Waals surface area contributed by atoms with Crippen LogP contribution in [0.4, 0.5) is 0 Å². The van der Waals surface area contributed by atoms with Crippen molar-refractivity contribution in [3.8, 4) is 11.5 Å². The summed E-state index contributed by atoms with van der Waals surface area (Å²) in [6.07, 6.45) is 1.48. The number of rotatable bonds is 11. The number of benzene rings is 1. The van der Waals surface area contributed by atoms with Crippen molar-refractivity contribution in [2.24, 2.45) is 0 Å². The lowest BCUT2D eigenvalue weighted by atomic mass is 10.1. The number of hydrogen-bond donors (Lipinski definition) is 3. The van der Waals surface area contributed by atoms with Crippen molar-refractivity contribution < 1.29 is 19.7 Å². The average molecular weight is 445 g/mol. The van der Waals surface area contributed by atoms with Gasteiger partial charge in [-0.15, -0.1) is 0 Å². The number of aryl methyl sites for hydroxylation is 2. The maximum absolute atomic E-state index is 10.3. The molecule has 1 atom stereocenters. The highest BCUT2D eigenvalue weighted by atomic mass is 16.5. The topological polar surface area (TPSA) is 100.0 Å². The number of hydrogen-bond acceptors (Lipinski definition) is 8. The fraction of sp³-hybridized carbons (Fsp3) is 0.583. The van der Waals surface area contributed by atoms with Crippen LogP contribution in [0.3, 0.4) is 0 Å². The lowest BCUT2D eigenvalue weighted by molar-refractivity contribution is 0.0333. The van der Waals surface area contributed by atoms with E-state index in [2.05, 4.69) is 20.2 Å². The summed E-state index contributed by atoms with van der Waals surface area (Å²) in [6, 6.07) is 7.81. The first kappa shape index (κ1) is 24.4. The molecule has 1 aromatic carbocycles. The van der Waals surface area contributed by atoms with E-state index in [4.69, 9.17) is 9.47 Å². The van der Waals surface area contributed by atoms with Crippen LogP contribution in [0, 0.1) is 13.8 Å². The number of aliphatic hydroxyl groups is 2. The Morgan fingerprint density at radius 1 is 1.12 bits per heavy atom. The van der Waals surface area contributed by atoms with Gasteiger partial charge in [-0.1, -0.05) is 6.07 Å². The SMILES string of the molecule is COc1cc(CNCCc2nc(C)cc(C)n2)ccc1OC[C@H](O)CN1CCC(O)CC1. The summed E-state index contributed by atoms with van der Waals surface area (Å²) in [4.78, 5) is 11.1. The second-order valence-electron chi connectivity index (χ2n) is 8.48. The van der Waals surface area contributed by atoms with Crippen LogP contribution in [-0.4, -0.2) is 77.2 Å². The van der Waals surface area contributed by atoms with Crippen molar-refractivity contribution in [3.05, 3.63) is 47.0 Å². The van der Waals surface area contributed by atoms with Crippen LogP contribution in [0.5, 0.6) is 11.5 Å². The van der Waals surface area contributed by atoms with Gasteiger partial charge in [-0.05, 0) is 50.5 Å². The molecule has 1 aliphatic rings. The number of aliphatic hydroxyl groups excluding tert-OH is 2. The average Bonchev–Trinajstić information content (AvgIpc) is 2.76. The van der Waals surface area contributed by atoms with Crippen molar-refractivity contribution in [3.63, 3.8) is 0 Å². The molecule has 176 valence electrons. The molecule has 0 spiro atoms. The summed E-state index contributed by atoms with van der Waals surface area (Å²) in [5.74, 6) is 2.12.